The van der Waals surface area contributed by atoms with Gasteiger partial charge in [0, 0.05) is 24.8 Å². The van der Waals surface area contributed by atoms with Crippen LogP contribution < -0.4 is 5.32 Å². The van der Waals surface area contributed by atoms with E-state index in [0.717, 1.165) is 24.5 Å². The molecule has 1 N–H and O–H groups in total. The molecule has 0 aliphatic carbocycles. The van der Waals surface area contributed by atoms with E-state index in [-0.39, 0.29) is 23.1 Å². The molecule has 1 amide bonds. The Hall–Kier alpha value is -2.94. The van der Waals surface area contributed by atoms with E-state index in [1.165, 1.54) is 6.07 Å². The lowest BCUT2D eigenvalue weighted by Crippen LogP contribution is -2.32. The Morgan fingerprint density at radius 2 is 2.03 bits per heavy atom. The Morgan fingerprint density at radius 1 is 1.28 bits per heavy atom. The summed E-state index contributed by atoms with van der Waals surface area (Å²) in [6.45, 7) is 2.83. The smallest absolute Gasteiger partial charge is 0.376 e. The molecule has 152 valence electrons. The third-order valence-corrected chi connectivity index (χ3v) is 4.81. The van der Waals surface area contributed by atoms with Crippen molar-refractivity contribution in [3.05, 3.63) is 53.3 Å². The molecule has 2 aromatic heterocycles. The second-order valence-corrected chi connectivity index (χ2v) is 7.04. The molecule has 1 aliphatic rings. The predicted octanol–water partition coefficient (Wildman–Crippen LogP) is 3.63. The van der Waals surface area contributed by atoms with E-state index in [9.17, 15) is 18.0 Å². The number of amides is 1. The number of ether oxygens (including phenoxy) is 1. The monoisotopic (exact) mass is 404 g/mol. The Morgan fingerprint density at radius 3 is 2.69 bits per heavy atom. The van der Waals surface area contributed by atoms with Crippen LogP contribution in [-0.4, -0.2) is 39.8 Å². The normalized spacial score (nSPS) is 17.0. The predicted molar refractivity (Wildman–Crippen MR) is 99.5 cm³/mol. The summed E-state index contributed by atoms with van der Waals surface area (Å²) in [5.41, 5.74) is 0.543. The Balaban J connectivity index is 1.70. The van der Waals surface area contributed by atoms with E-state index in [1.807, 2.05) is 6.92 Å². The van der Waals surface area contributed by atoms with Gasteiger partial charge in [-0.3, -0.25) is 4.79 Å². The van der Waals surface area contributed by atoms with Gasteiger partial charge in [0.05, 0.1) is 11.8 Å². The number of rotatable bonds is 4. The van der Waals surface area contributed by atoms with Crippen molar-refractivity contribution in [1.82, 2.24) is 19.9 Å². The Kier molecular flexibility index (Phi) is 4.99. The Labute approximate surface area is 164 Å². The quantitative estimate of drug-likeness (QED) is 0.721. The first-order chi connectivity index (χ1) is 13.8. The summed E-state index contributed by atoms with van der Waals surface area (Å²) >= 11 is 0. The fraction of sp³-hybridized carbons (Fsp3) is 0.350. The molecule has 1 atom stereocenters. The van der Waals surface area contributed by atoms with Crippen molar-refractivity contribution in [2.45, 2.75) is 32.0 Å². The number of aryl methyl sites for hydroxylation is 1. The van der Waals surface area contributed by atoms with Gasteiger partial charge < -0.3 is 10.1 Å². The lowest BCUT2D eigenvalue weighted by molar-refractivity contribution is -0.142. The highest BCUT2D eigenvalue weighted by molar-refractivity contribution is 5.93. The van der Waals surface area contributed by atoms with Crippen LogP contribution in [0.15, 0.2) is 36.4 Å². The third kappa shape index (κ3) is 4.09. The van der Waals surface area contributed by atoms with Crippen molar-refractivity contribution in [3.8, 4) is 11.3 Å². The van der Waals surface area contributed by atoms with E-state index in [4.69, 9.17) is 4.74 Å². The number of carbonyl (C=O) groups excluding carboxylic acids is 1. The summed E-state index contributed by atoms with van der Waals surface area (Å²) in [6.07, 6.45) is -2.97. The highest BCUT2D eigenvalue weighted by Crippen LogP contribution is 2.32. The molecule has 1 aliphatic heterocycles. The van der Waals surface area contributed by atoms with Crippen molar-refractivity contribution in [2.24, 2.45) is 0 Å². The first kappa shape index (κ1) is 19.4. The van der Waals surface area contributed by atoms with Gasteiger partial charge in [-0.15, -0.1) is 0 Å². The maximum atomic E-state index is 13.6. The largest absolute Gasteiger partial charge is 0.433 e. The van der Waals surface area contributed by atoms with Gasteiger partial charge in [0.15, 0.2) is 17.0 Å². The standard InChI is InChI=1S/C20H19F3N4O2/c1-12-4-6-13(7-5-12)15-9-17(20(21,22)23)27-18(25-15)10-16(26-27)19(28)24-11-14-3-2-8-29-14/h4-7,9-10,14H,2-3,8,11H2,1H3,(H,24,28)/t14-/m1/s1. The second kappa shape index (κ2) is 7.47. The molecule has 29 heavy (non-hydrogen) atoms. The molecular formula is C20H19F3N4O2. The van der Waals surface area contributed by atoms with Crippen molar-refractivity contribution in [3.63, 3.8) is 0 Å². The zero-order chi connectivity index (χ0) is 20.6. The molecule has 1 aromatic carbocycles. The number of halogens is 3. The summed E-state index contributed by atoms with van der Waals surface area (Å²) in [6, 6.07) is 9.22. The molecule has 0 radical (unpaired) electrons. The fourth-order valence-electron chi connectivity index (χ4n) is 3.26. The van der Waals surface area contributed by atoms with Crippen molar-refractivity contribution < 1.29 is 22.7 Å². The second-order valence-electron chi connectivity index (χ2n) is 7.04. The Bertz CT molecular complexity index is 1040. The zero-order valence-corrected chi connectivity index (χ0v) is 15.7. The summed E-state index contributed by atoms with van der Waals surface area (Å²) in [5, 5.41) is 6.52. The lowest BCUT2D eigenvalue weighted by atomic mass is 10.1. The number of alkyl halides is 3. The van der Waals surface area contributed by atoms with Gasteiger partial charge in [-0.2, -0.15) is 18.3 Å². The third-order valence-electron chi connectivity index (χ3n) is 4.81. The maximum absolute atomic E-state index is 13.6. The summed E-state index contributed by atoms with van der Waals surface area (Å²) in [7, 11) is 0. The minimum atomic E-state index is -4.65. The van der Waals surface area contributed by atoms with Crippen LogP contribution in [0.25, 0.3) is 16.9 Å². The highest BCUT2D eigenvalue weighted by atomic mass is 19.4. The average Bonchev–Trinajstić information content (AvgIpc) is 3.34. The molecule has 0 spiro atoms. The molecule has 1 fully saturated rings. The molecule has 9 heteroatoms. The molecular weight excluding hydrogens is 385 g/mol. The van der Waals surface area contributed by atoms with Crippen LogP contribution in [0.2, 0.25) is 0 Å². The number of benzene rings is 1. The van der Waals surface area contributed by atoms with Crippen LogP contribution in [0.5, 0.6) is 0 Å². The van der Waals surface area contributed by atoms with Gasteiger partial charge in [0.25, 0.3) is 5.91 Å². The topological polar surface area (TPSA) is 68.5 Å². The van der Waals surface area contributed by atoms with Crippen molar-refractivity contribution in [2.75, 3.05) is 13.2 Å². The molecule has 0 unspecified atom stereocenters. The fourth-order valence-corrected chi connectivity index (χ4v) is 3.26. The van der Waals surface area contributed by atoms with Crippen LogP contribution >= 0.6 is 0 Å². The molecule has 0 saturated carbocycles. The van der Waals surface area contributed by atoms with E-state index in [1.54, 1.807) is 24.3 Å². The summed E-state index contributed by atoms with van der Waals surface area (Å²) in [5.74, 6) is -0.559. The van der Waals surface area contributed by atoms with Crippen LogP contribution in [0.1, 0.15) is 34.6 Å². The summed E-state index contributed by atoms with van der Waals surface area (Å²) in [4.78, 5) is 16.7. The van der Waals surface area contributed by atoms with Gasteiger partial charge in [-0.1, -0.05) is 29.8 Å². The molecule has 1 saturated heterocycles. The minimum Gasteiger partial charge on any atom is -0.376 e. The number of aromatic nitrogens is 3. The number of fused-ring (bicyclic) bond motifs is 1. The minimum absolute atomic E-state index is 0.0438. The molecule has 0 bridgehead atoms. The van der Waals surface area contributed by atoms with E-state index in [0.29, 0.717) is 23.2 Å². The molecule has 6 nitrogen and oxygen atoms in total. The van der Waals surface area contributed by atoms with E-state index in [2.05, 4.69) is 15.4 Å². The van der Waals surface area contributed by atoms with Crippen molar-refractivity contribution in [1.29, 1.82) is 0 Å². The number of hydrogen-bond donors (Lipinski definition) is 1. The van der Waals surface area contributed by atoms with E-state index < -0.39 is 17.8 Å². The van der Waals surface area contributed by atoms with Crippen LogP contribution in [0.4, 0.5) is 13.2 Å². The summed E-state index contributed by atoms with van der Waals surface area (Å²) < 4.78 is 47.0. The molecule has 3 aromatic rings. The van der Waals surface area contributed by atoms with Gasteiger partial charge in [-0.05, 0) is 25.8 Å². The number of nitrogens with zero attached hydrogens (tertiary/aromatic N) is 3. The average molecular weight is 404 g/mol. The van der Waals surface area contributed by atoms with E-state index >= 15 is 0 Å². The maximum Gasteiger partial charge on any atom is 0.433 e. The number of nitrogens with one attached hydrogen (secondary N) is 1. The van der Waals surface area contributed by atoms with Crippen LogP contribution in [0.3, 0.4) is 0 Å². The number of carbonyl (C=O) groups is 1. The van der Waals surface area contributed by atoms with Crippen molar-refractivity contribution >= 4 is 11.6 Å². The van der Waals surface area contributed by atoms with Crippen LogP contribution in [-0.2, 0) is 10.9 Å². The zero-order valence-electron chi connectivity index (χ0n) is 15.7. The van der Waals surface area contributed by atoms with Gasteiger partial charge >= 0.3 is 6.18 Å². The van der Waals surface area contributed by atoms with Gasteiger partial charge in [-0.25, -0.2) is 9.50 Å². The highest BCUT2D eigenvalue weighted by Gasteiger charge is 2.35. The molecule has 4 rings (SSSR count). The lowest BCUT2D eigenvalue weighted by Gasteiger charge is -2.11. The first-order valence-electron chi connectivity index (χ1n) is 9.26. The van der Waals surface area contributed by atoms with Gasteiger partial charge in [0.2, 0.25) is 0 Å². The van der Waals surface area contributed by atoms with Gasteiger partial charge in [0.1, 0.15) is 0 Å². The first-order valence-corrected chi connectivity index (χ1v) is 9.26. The van der Waals surface area contributed by atoms with Crippen LogP contribution in [0, 0.1) is 6.92 Å². The molecule has 3 heterocycles. The number of hydrogen-bond acceptors (Lipinski definition) is 4. The SMILES string of the molecule is Cc1ccc(-c2cc(C(F)(F)F)n3nc(C(=O)NC[C@H]4CCCO4)cc3n2)cc1.